The van der Waals surface area contributed by atoms with Crippen LogP contribution in [-0.4, -0.2) is 12.2 Å². The summed E-state index contributed by atoms with van der Waals surface area (Å²) in [5, 5.41) is 0. The van der Waals surface area contributed by atoms with Crippen LogP contribution < -0.4 is 0 Å². The molecule has 0 N–H and O–H groups in total. The van der Waals surface area contributed by atoms with Gasteiger partial charge in [0, 0.05) is 12.2 Å². The lowest BCUT2D eigenvalue weighted by atomic mass is 10.1. The van der Waals surface area contributed by atoms with E-state index in [0.29, 0.717) is 0 Å². The average molecular weight is 148 g/mol. The van der Waals surface area contributed by atoms with E-state index in [9.17, 15) is 0 Å². The average Bonchev–Trinajstić information content (AvgIpc) is 2.05. The molecule has 0 saturated heterocycles. The van der Waals surface area contributed by atoms with E-state index in [1.54, 1.807) is 6.92 Å². The molecule has 0 aliphatic carbocycles. The molecule has 0 saturated carbocycles. The monoisotopic (exact) mass is 148 g/mol. The first-order valence-electron chi connectivity index (χ1n) is 4.30. The van der Waals surface area contributed by atoms with Crippen molar-refractivity contribution in [1.82, 2.24) is 0 Å². The molecule has 0 heterocycles. The van der Waals surface area contributed by atoms with Crippen molar-refractivity contribution < 1.29 is 1.37 Å². The summed E-state index contributed by atoms with van der Waals surface area (Å²) >= 11 is 0. The summed E-state index contributed by atoms with van der Waals surface area (Å²) in [6.07, 6.45) is 0. The molecule has 1 nitrogen and oxygen atoms in total. The zero-order valence-electron chi connectivity index (χ0n) is 7.91. The molecular formula is C10H13N. The van der Waals surface area contributed by atoms with E-state index in [0.717, 1.165) is 11.3 Å². The van der Waals surface area contributed by atoms with Crippen molar-refractivity contribution in [2.45, 2.75) is 13.8 Å². The van der Waals surface area contributed by atoms with Gasteiger partial charge in [0.05, 0.1) is 1.37 Å². The maximum absolute atomic E-state index is 7.27. The molecule has 0 radical (unpaired) electrons. The molecule has 0 aliphatic rings. The number of benzene rings is 1. The summed E-state index contributed by atoms with van der Waals surface area (Å²) in [6, 6.07) is 9.93. The molecule has 11 heavy (non-hydrogen) atoms. The third-order valence-electron chi connectivity index (χ3n) is 1.51. The van der Waals surface area contributed by atoms with E-state index < -0.39 is 0 Å². The van der Waals surface area contributed by atoms with Gasteiger partial charge < -0.3 is 0 Å². The number of hydrogen-bond donors (Lipinski definition) is 0. The van der Waals surface area contributed by atoms with Crippen LogP contribution in [0.25, 0.3) is 0 Å². The molecule has 1 rings (SSSR count). The van der Waals surface area contributed by atoms with Crippen molar-refractivity contribution in [2.24, 2.45) is 4.99 Å². The van der Waals surface area contributed by atoms with Gasteiger partial charge in [0.15, 0.2) is 0 Å². The molecule has 0 unspecified atom stereocenters. The van der Waals surface area contributed by atoms with E-state index in [-0.39, 0.29) is 6.52 Å². The number of nitrogens with zero attached hydrogens (tertiary/aromatic N) is 1. The normalized spacial score (nSPS) is 15.8. The van der Waals surface area contributed by atoms with Crippen molar-refractivity contribution in [3.8, 4) is 0 Å². The standard InChI is InChI=1S/C10H13N/c1-3-11-9(2)10-7-5-4-6-8-10/h4-8H,3H2,1-2H3/i3D/t3-/m0/s1. The number of rotatable bonds is 2. The summed E-state index contributed by atoms with van der Waals surface area (Å²) in [7, 11) is 0. The Kier molecular flexibility index (Phi) is 2.35. The van der Waals surface area contributed by atoms with Crippen LogP contribution in [0.2, 0.25) is 0 Å². The Hall–Kier alpha value is -1.11. The Bertz CT molecular complexity index is 264. The van der Waals surface area contributed by atoms with Crippen LogP contribution in [0.1, 0.15) is 20.8 Å². The maximum Gasteiger partial charge on any atom is 0.0512 e. The Morgan fingerprint density at radius 2 is 2.09 bits per heavy atom. The summed E-state index contributed by atoms with van der Waals surface area (Å²) in [5.74, 6) is 0. The molecule has 0 aliphatic heterocycles. The molecule has 1 heteroatoms. The fraction of sp³-hybridized carbons (Fsp3) is 0.300. The lowest BCUT2D eigenvalue weighted by Crippen LogP contribution is -1.93. The minimum atomic E-state index is -0.370. The second kappa shape index (κ2) is 3.91. The first-order valence-corrected chi connectivity index (χ1v) is 3.72. The quantitative estimate of drug-likeness (QED) is 0.571. The van der Waals surface area contributed by atoms with Gasteiger partial charge in [-0.2, -0.15) is 0 Å². The fourth-order valence-corrected chi connectivity index (χ4v) is 0.948. The SMILES string of the molecule is [2H][C@@H](C)N=C(C)c1ccccc1. The predicted molar refractivity (Wildman–Crippen MR) is 49.2 cm³/mol. The molecule has 0 amide bonds. The van der Waals surface area contributed by atoms with Gasteiger partial charge >= 0.3 is 0 Å². The van der Waals surface area contributed by atoms with Gasteiger partial charge in [-0.3, -0.25) is 4.99 Å². The van der Waals surface area contributed by atoms with E-state index in [4.69, 9.17) is 1.37 Å². The van der Waals surface area contributed by atoms with Crippen LogP contribution >= 0.6 is 0 Å². The number of hydrogen-bond acceptors (Lipinski definition) is 1. The van der Waals surface area contributed by atoms with Gasteiger partial charge in [-0.15, -0.1) is 0 Å². The molecular weight excluding hydrogens is 134 g/mol. The van der Waals surface area contributed by atoms with E-state index in [1.807, 2.05) is 37.3 Å². The highest BCUT2D eigenvalue weighted by Crippen LogP contribution is 1.99. The Morgan fingerprint density at radius 1 is 1.45 bits per heavy atom. The molecule has 0 fully saturated rings. The van der Waals surface area contributed by atoms with Crippen molar-refractivity contribution in [2.75, 3.05) is 6.52 Å². The van der Waals surface area contributed by atoms with E-state index in [2.05, 4.69) is 4.99 Å². The zero-order chi connectivity index (χ0) is 8.97. The largest absolute Gasteiger partial charge is 0.290 e. The minimum absolute atomic E-state index is 0.370. The third kappa shape index (κ3) is 2.19. The topological polar surface area (TPSA) is 12.4 Å². The highest BCUT2D eigenvalue weighted by atomic mass is 14.7. The van der Waals surface area contributed by atoms with Gasteiger partial charge in [-0.25, -0.2) is 0 Å². The zero-order valence-corrected chi connectivity index (χ0v) is 6.91. The fourth-order valence-electron chi connectivity index (χ4n) is 0.948. The van der Waals surface area contributed by atoms with Gasteiger partial charge in [0.2, 0.25) is 0 Å². The Balaban J connectivity index is 2.85. The van der Waals surface area contributed by atoms with Crippen LogP contribution in [0.4, 0.5) is 0 Å². The molecule has 0 bridgehead atoms. The third-order valence-corrected chi connectivity index (χ3v) is 1.51. The summed E-state index contributed by atoms with van der Waals surface area (Å²) < 4.78 is 7.27. The summed E-state index contributed by atoms with van der Waals surface area (Å²) in [6.45, 7) is 3.32. The van der Waals surface area contributed by atoms with Crippen LogP contribution in [0.5, 0.6) is 0 Å². The molecule has 1 atom stereocenters. The first-order chi connectivity index (χ1) is 5.70. The molecule has 58 valence electrons. The van der Waals surface area contributed by atoms with E-state index >= 15 is 0 Å². The van der Waals surface area contributed by atoms with Crippen LogP contribution in [0.3, 0.4) is 0 Å². The van der Waals surface area contributed by atoms with Gasteiger partial charge in [0.1, 0.15) is 0 Å². The molecule has 1 aromatic rings. The number of aliphatic imine (C=N–C) groups is 1. The highest BCUT2D eigenvalue weighted by Gasteiger charge is 1.91. The second-order valence-corrected chi connectivity index (χ2v) is 2.34. The molecule has 0 spiro atoms. The van der Waals surface area contributed by atoms with Crippen LogP contribution in [-0.2, 0) is 0 Å². The Morgan fingerprint density at radius 3 is 2.64 bits per heavy atom. The lowest BCUT2D eigenvalue weighted by molar-refractivity contribution is 1.13. The van der Waals surface area contributed by atoms with Gasteiger partial charge in [0.25, 0.3) is 0 Å². The minimum Gasteiger partial charge on any atom is -0.290 e. The van der Waals surface area contributed by atoms with Crippen LogP contribution in [0.15, 0.2) is 35.3 Å². The van der Waals surface area contributed by atoms with Crippen LogP contribution in [0, 0.1) is 0 Å². The molecule has 0 aromatic heterocycles. The summed E-state index contributed by atoms with van der Waals surface area (Å²) in [4.78, 5) is 4.13. The van der Waals surface area contributed by atoms with Gasteiger partial charge in [-0.05, 0) is 19.4 Å². The highest BCUT2D eigenvalue weighted by molar-refractivity contribution is 5.98. The summed E-state index contributed by atoms with van der Waals surface area (Å²) in [5.41, 5.74) is 2.02. The van der Waals surface area contributed by atoms with Crippen molar-refractivity contribution in [3.05, 3.63) is 35.9 Å². The smallest absolute Gasteiger partial charge is 0.0512 e. The maximum atomic E-state index is 7.27. The van der Waals surface area contributed by atoms with Crippen molar-refractivity contribution >= 4 is 5.71 Å². The lowest BCUT2D eigenvalue weighted by Gasteiger charge is -1.97. The molecule has 1 aromatic carbocycles. The second-order valence-electron chi connectivity index (χ2n) is 2.34. The van der Waals surface area contributed by atoms with Gasteiger partial charge in [-0.1, -0.05) is 30.3 Å². The first kappa shape index (κ1) is 6.59. The van der Waals surface area contributed by atoms with E-state index in [1.165, 1.54) is 0 Å². The predicted octanol–water partition coefficient (Wildman–Crippen LogP) is 2.52. The van der Waals surface area contributed by atoms with Crippen molar-refractivity contribution in [1.29, 1.82) is 0 Å². The van der Waals surface area contributed by atoms with Crippen molar-refractivity contribution in [3.63, 3.8) is 0 Å². The Labute approximate surface area is 69.2 Å².